The third-order valence-corrected chi connectivity index (χ3v) is 4.99. The summed E-state index contributed by atoms with van der Waals surface area (Å²) in [5, 5.41) is 11.9. The molecular formula is C21H12N2O4. The maximum absolute atomic E-state index is 12.7. The van der Waals surface area contributed by atoms with Crippen LogP contribution in [0.3, 0.4) is 0 Å². The highest BCUT2D eigenvalue weighted by Crippen LogP contribution is 2.39. The number of aromatic amines is 2. The number of aromatic nitrogens is 2. The molecule has 3 aromatic carbocycles. The van der Waals surface area contributed by atoms with Gasteiger partial charge in [-0.25, -0.2) is 4.79 Å². The summed E-state index contributed by atoms with van der Waals surface area (Å²) in [5.41, 5.74) is 2.75. The molecule has 0 fully saturated rings. The molecular weight excluding hydrogens is 344 g/mol. The molecule has 0 unspecified atom stereocenters. The summed E-state index contributed by atoms with van der Waals surface area (Å²) in [7, 11) is 0. The number of para-hydroxylation sites is 2. The first-order valence-corrected chi connectivity index (χ1v) is 8.31. The van der Waals surface area contributed by atoms with Crippen LogP contribution in [0.1, 0.15) is 20.7 Å². The normalized spacial score (nSPS) is 11.6. The minimum atomic E-state index is -1.54. The smallest absolute Gasteiger partial charge is 0.377 e. The van der Waals surface area contributed by atoms with Crippen LogP contribution in [0.15, 0.2) is 48.5 Å². The zero-order chi connectivity index (χ0) is 18.7. The maximum Gasteiger partial charge on any atom is 0.377 e. The summed E-state index contributed by atoms with van der Waals surface area (Å²) >= 11 is 0. The van der Waals surface area contributed by atoms with Crippen LogP contribution >= 0.6 is 0 Å². The third kappa shape index (κ3) is 1.92. The van der Waals surface area contributed by atoms with Gasteiger partial charge in [-0.15, -0.1) is 0 Å². The number of aliphatic carboxylic acids is 1. The fourth-order valence-electron chi connectivity index (χ4n) is 3.91. The number of Topliss-reactive ketones (excluding diaryl/α,β-unsaturated/α-hetero) is 1. The van der Waals surface area contributed by atoms with Gasteiger partial charge in [0.2, 0.25) is 0 Å². The number of nitrogens with one attached hydrogen (secondary N) is 2. The van der Waals surface area contributed by atoms with Crippen molar-refractivity contribution in [3.63, 3.8) is 0 Å². The van der Waals surface area contributed by atoms with E-state index in [1.54, 1.807) is 12.1 Å². The number of benzene rings is 3. The molecule has 130 valence electrons. The summed E-state index contributed by atoms with van der Waals surface area (Å²) in [5.74, 6) is -2.56. The fraction of sp³-hybridized carbons (Fsp3) is 0. The summed E-state index contributed by atoms with van der Waals surface area (Å²) < 4.78 is 0. The average molecular weight is 356 g/mol. The maximum atomic E-state index is 12.7. The lowest BCUT2D eigenvalue weighted by Crippen LogP contribution is -2.14. The van der Waals surface area contributed by atoms with E-state index in [2.05, 4.69) is 9.97 Å². The Hall–Kier alpha value is -3.93. The predicted octanol–water partition coefficient (Wildman–Crippen LogP) is 4.04. The molecule has 0 radical (unpaired) electrons. The van der Waals surface area contributed by atoms with Crippen molar-refractivity contribution in [2.24, 2.45) is 0 Å². The number of H-pyrrole nitrogens is 2. The van der Waals surface area contributed by atoms with E-state index in [0.29, 0.717) is 32.8 Å². The van der Waals surface area contributed by atoms with Crippen molar-refractivity contribution in [1.82, 2.24) is 9.97 Å². The predicted molar refractivity (Wildman–Crippen MR) is 103 cm³/mol. The van der Waals surface area contributed by atoms with Crippen LogP contribution in [-0.2, 0) is 4.79 Å². The van der Waals surface area contributed by atoms with Gasteiger partial charge in [-0.1, -0.05) is 36.4 Å². The largest absolute Gasteiger partial charge is 0.475 e. The number of aldehydes is 1. The number of fused-ring (bicyclic) bond motifs is 6. The van der Waals surface area contributed by atoms with E-state index in [9.17, 15) is 19.5 Å². The SMILES string of the molecule is O=Cc1c2[nH]c3ccccc3c2c(C(=O)C(=O)O)c2[nH]c3ccccc3c12. The van der Waals surface area contributed by atoms with Gasteiger partial charge in [0.05, 0.1) is 16.6 Å². The average Bonchev–Trinajstić information content (AvgIpc) is 3.24. The summed E-state index contributed by atoms with van der Waals surface area (Å²) in [6.07, 6.45) is 0.745. The molecule has 3 N–H and O–H groups in total. The van der Waals surface area contributed by atoms with Crippen molar-refractivity contribution < 1.29 is 19.5 Å². The standard InChI is InChI=1S/C21H12N2O4/c24-9-12-15-10-5-1-3-7-13(10)23-19(15)17(20(25)21(26)27)16-11-6-2-4-8-14(11)22-18(12)16/h1-9,22-23H,(H,26,27). The molecule has 5 rings (SSSR count). The molecule has 0 atom stereocenters. The van der Waals surface area contributed by atoms with Crippen molar-refractivity contribution in [3.05, 3.63) is 59.7 Å². The minimum Gasteiger partial charge on any atom is -0.475 e. The highest BCUT2D eigenvalue weighted by molar-refractivity contribution is 6.47. The first kappa shape index (κ1) is 15.3. The number of rotatable bonds is 3. The van der Waals surface area contributed by atoms with E-state index in [0.717, 1.165) is 22.7 Å². The Morgan fingerprint density at radius 2 is 1.37 bits per heavy atom. The highest BCUT2D eigenvalue weighted by atomic mass is 16.4. The molecule has 27 heavy (non-hydrogen) atoms. The molecule has 0 aliphatic rings. The number of carbonyl (C=O) groups excluding carboxylic acids is 2. The van der Waals surface area contributed by atoms with E-state index in [1.807, 2.05) is 36.4 Å². The molecule has 6 nitrogen and oxygen atoms in total. The number of hydrogen-bond acceptors (Lipinski definition) is 3. The number of carboxylic acids is 1. The molecule has 5 aromatic rings. The topological polar surface area (TPSA) is 103 Å². The highest BCUT2D eigenvalue weighted by Gasteiger charge is 2.27. The van der Waals surface area contributed by atoms with E-state index < -0.39 is 11.8 Å². The quantitative estimate of drug-likeness (QED) is 0.258. The van der Waals surface area contributed by atoms with Gasteiger partial charge < -0.3 is 15.1 Å². The van der Waals surface area contributed by atoms with Gasteiger partial charge >= 0.3 is 5.97 Å². The van der Waals surface area contributed by atoms with Crippen LogP contribution in [0, 0.1) is 0 Å². The Labute approximate surface area is 151 Å². The van der Waals surface area contributed by atoms with Gasteiger partial charge in [0.25, 0.3) is 5.78 Å². The van der Waals surface area contributed by atoms with Crippen LogP contribution in [-0.4, -0.2) is 33.1 Å². The van der Waals surface area contributed by atoms with Crippen molar-refractivity contribution >= 4 is 61.7 Å². The lowest BCUT2D eigenvalue weighted by Gasteiger charge is -2.06. The second-order valence-corrected chi connectivity index (χ2v) is 6.38. The third-order valence-electron chi connectivity index (χ3n) is 4.99. The van der Waals surface area contributed by atoms with Crippen LogP contribution in [0.5, 0.6) is 0 Å². The zero-order valence-electron chi connectivity index (χ0n) is 13.9. The lowest BCUT2D eigenvalue weighted by atomic mass is 9.95. The molecule has 2 heterocycles. The molecule has 0 bridgehead atoms. The van der Waals surface area contributed by atoms with Crippen LogP contribution < -0.4 is 0 Å². The molecule has 0 saturated carbocycles. The molecule has 0 aliphatic heterocycles. The van der Waals surface area contributed by atoms with Gasteiger partial charge in [0.15, 0.2) is 6.29 Å². The monoisotopic (exact) mass is 356 g/mol. The van der Waals surface area contributed by atoms with Crippen LogP contribution in [0.4, 0.5) is 0 Å². The lowest BCUT2D eigenvalue weighted by molar-refractivity contribution is -0.131. The first-order chi connectivity index (χ1) is 13.1. The van der Waals surface area contributed by atoms with Gasteiger partial charge in [-0.2, -0.15) is 0 Å². The molecule has 6 heteroatoms. The van der Waals surface area contributed by atoms with Gasteiger partial charge in [-0.05, 0) is 12.1 Å². The fourth-order valence-corrected chi connectivity index (χ4v) is 3.91. The van der Waals surface area contributed by atoms with Crippen molar-refractivity contribution in [2.75, 3.05) is 0 Å². The summed E-state index contributed by atoms with van der Waals surface area (Å²) in [6, 6.07) is 14.6. The molecule has 0 spiro atoms. The van der Waals surface area contributed by atoms with E-state index in [1.165, 1.54) is 0 Å². The minimum absolute atomic E-state index is 0.0618. The van der Waals surface area contributed by atoms with Crippen LogP contribution in [0.2, 0.25) is 0 Å². The Bertz CT molecular complexity index is 1430. The Morgan fingerprint density at radius 1 is 0.815 bits per heavy atom. The second-order valence-electron chi connectivity index (χ2n) is 6.38. The van der Waals surface area contributed by atoms with E-state index >= 15 is 0 Å². The number of ketones is 1. The molecule has 0 saturated heterocycles. The van der Waals surface area contributed by atoms with E-state index in [4.69, 9.17) is 0 Å². The van der Waals surface area contributed by atoms with Crippen LogP contribution in [0.25, 0.3) is 43.6 Å². The number of hydrogen-bond donors (Lipinski definition) is 3. The van der Waals surface area contributed by atoms with Crippen molar-refractivity contribution in [2.45, 2.75) is 0 Å². The van der Waals surface area contributed by atoms with Crippen molar-refractivity contribution in [1.29, 1.82) is 0 Å². The Kier molecular flexibility index (Phi) is 3.00. The number of carboxylic acid groups (broad SMARTS) is 1. The summed E-state index contributed by atoms with van der Waals surface area (Å²) in [6.45, 7) is 0. The number of carbonyl (C=O) groups is 3. The summed E-state index contributed by atoms with van der Waals surface area (Å²) in [4.78, 5) is 42.6. The molecule has 2 aromatic heterocycles. The van der Waals surface area contributed by atoms with E-state index in [-0.39, 0.29) is 5.56 Å². The van der Waals surface area contributed by atoms with Gasteiger partial charge in [0, 0.05) is 38.1 Å². The Balaban J connectivity index is 2.17. The molecule has 0 amide bonds. The zero-order valence-corrected chi connectivity index (χ0v) is 13.9. The van der Waals surface area contributed by atoms with Gasteiger partial charge in [-0.3, -0.25) is 9.59 Å². The van der Waals surface area contributed by atoms with Crippen molar-refractivity contribution in [3.8, 4) is 0 Å². The molecule has 0 aliphatic carbocycles. The Morgan fingerprint density at radius 3 is 1.96 bits per heavy atom. The first-order valence-electron chi connectivity index (χ1n) is 8.31. The van der Waals surface area contributed by atoms with Gasteiger partial charge in [0.1, 0.15) is 0 Å². The second kappa shape index (κ2) is 5.28.